The number of guanidine groups is 1. The van der Waals surface area contributed by atoms with E-state index in [0.717, 1.165) is 19.4 Å². The molecule has 0 atom stereocenters. The summed E-state index contributed by atoms with van der Waals surface area (Å²) in [4.78, 5) is 18.0. The number of halogens is 2. The second-order valence-corrected chi connectivity index (χ2v) is 6.65. The number of likely N-dealkylation sites (tertiary alicyclic amines) is 1. The lowest BCUT2D eigenvalue weighted by atomic mass is 10.1. The standard InChI is InChI=1S/C19H26F2N4O4/c1-2-22-19(23-6-4-8-25-7-3-5-17(25)26)24-11-13-9-15-16(28-12-27-15)10-14(13)29-18(20)21/h9-10,18H,2-8,11-12H2,1H3,(H2,22,23,24). The second kappa shape index (κ2) is 10.1. The van der Waals surface area contributed by atoms with Crippen molar-refractivity contribution in [2.24, 2.45) is 4.99 Å². The van der Waals surface area contributed by atoms with Crippen LogP contribution in [0.2, 0.25) is 0 Å². The summed E-state index contributed by atoms with van der Waals surface area (Å²) in [6.45, 7) is 1.97. The van der Waals surface area contributed by atoms with E-state index in [1.165, 1.54) is 6.07 Å². The van der Waals surface area contributed by atoms with E-state index in [4.69, 9.17) is 9.47 Å². The lowest BCUT2D eigenvalue weighted by Gasteiger charge is -2.16. The summed E-state index contributed by atoms with van der Waals surface area (Å²) >= 11 is 0. The fourth-order valence-corrected chi connectivity index (χ4v) is 3.22. The molecule has 0 aliphatic carbocycles. The van der Waals surface area contributed by atoms with Crippen LogP contribution >= 0.6 is 0 Å². The normalized spacial score (nSPS) is 15.9. The minimum atomic E-state index is -2.95. The van der Waals surface area contributed by atoms with Gasteiger partial charge in [-0.05, 0) is 25.8 Å². The first-order chi connectivity index (χ1) is 14.1. The van der Waals surface area contributed by atoms with Gasteiger partial charge in [-0.1, -0.05) is 0 Å². The average Bonchev–Trinajstić information content (AvgIpc) is 3.30. The van der Waals surface area contributed by atoms with Crippen LogP contribution < -0.4 is 24.8 Å². The molecule has 160 valence electrons. The van der Waals surface area contributed by atoms with Crippen molar-refractivity contribution in [3.8, 4) is 17.2 Å². The van der Waals surface area contributed by atoms with Crippen LogP contribution in [0.1, 0.15) is 31.7 Å². The molecule has 0 unspecified atom stereocenters. The zero-order chi connectivity index (χ0) is 20.6. The third-order valence-electron chi connectivity index (χ3n) is 4.59. The number of hydrogen-bond donors (Lipinski definition) is 2. The Morgan fingerprint density at radius 3 is 2.79 bits per heavy atom. The highest BCUT2D eigenvalue weighted by Gasteiger charge is 2.20. The van der Waals surface area contributed by atoms with Gasteiger partial charge < -0.3 is 29.7 Å². The van der Waals surface area contributed by atoms with Crippen LogP contribution in [0.3, 0.4) is 0 Å². The minimum Gasteiger partial charge on any atom is -0.454 e. The molecule has 1 saturated heterocycles. The van der Waals surface area contributed by atoms with Gasteiger partial charge in [-0.25, -0.2) is 4.99 Å². The first-order valence-corrected chi connectivity index (χ1v) is 9.74. The van der Waals surface area contributed by atoms with E-state index in [-0.39, 0.29) is 25.0 Å². The van der Waals surface area contributed by atoms with Crippen LogP contribution in [-0.2, 0) is 11.3 Å². The monoisotopic (exact) mass is 412 g/mol. The van der Waals surface area contributed by atoms with Gasteiger partial charge in [-0.15, -0.1) is 0 Å². The van der Waals surface area contributed by atoms with Gasteiger partial charge in [0.1, 0.15) is 5.75 Å². The first-order valence-electron chi connectivity index (χ1n) is 9.74. The van der Waals surface area contributed by atoms with E-state index >= 15 is 0 Å². The molecule has 0 saturated carbocycles. The number of nitrogens with one attached hydrogen (secondary N) is 2. The zero-order valence-corrected chi connectivity index (χ0v) is 16.4. The number of carbonyl (C=O) groups excluding carboxylic acids is 1. The summed E-state index contributed by atoms with van der Waals surface area (Å²) in [5.74, 6) is 1.62. The predicted molar refractivity (Wildman–Crippen MR) is 102 cm³/mol. The van der Waals surface area contributed by atoms with Gasteiger partial charge in [0.2, 0.25) is 12.7 Å². The second-order valence-electron chi connectivity index (χ2n) is 6.65. The van der Waals surface area contributed by atoms with Gasteiger partial charge in [-0.3, -0.25) is 4.79 Å². The number of alkyl halides is 2. The van der Waals surface area contributed by atoms with Crippen molar-refractivity contribution in [2.45, 2.75) is 39.3 Å². The number of carbonyl (C=O) groups is 1. The molecule has 0 aromatic heterocycles. The van der Waals surface area contributed by atoms with Crippen molar-refractivity contribution in [1.29, 1.82) is 0 Å². The Morgan fingerprint density at radius 1 is 1.31 bits per heavy atom. The highest BCUT2D eigenvalue weighted by molar-refractivity contribution is 5.80. The van der Waals surface area contributed by atoms with E-state index in [0.29, 0.717) is 49.1 Å². The molecule has 2 N–H and O–H groups in total. The van der Waals surface area contributed by atoms with Gasteiger partial charge in [0.25, 0.3) is 0 Å². The van der Waals surface area contributed by atoms with Crippen LogP contribution in [0, 0.1) is 0 Å². The molecule has 0 bridgehead atoms. The highest BCUT2D eigenvalue weighted by Crippen LogP contribution is 2.39. The smallest absolute Gasteiger partial charge is 0.387 e. The Hall–Kier alpha value is -2.78. The molecule has 1 aromatic rings. The third kappa shape index (κ3) is 5.85. The Balaban J connectivity index is 1.59. The van der Waals surface area contributed by atoms with Gasteiger partial charge >= 0.3 is 6.61 Å². The van der Waals surface area contributed by atoms with Crippen LogP contribution in [0.5, 0.6) is 17.2 Å². The topological polar surface area (TPSA) is 84.4 Å². The molecular weight excluding hydrogens is 386 g/mol. The maximum atomic E-state index is 12.8. The van der Waals surface area contributed by atoms with E-state index in [9.17, 15) is 13.6 Å². The molecule has 2 heterocycles. The number of rotatable bonds is 9. The van der Waals surface area contributed by atoms with Crippen LogP contribution in [-0.4, -0.2) is 56.4 Å². The Morgan fingerprint density at radius 2 is 2.10 bits per heavy atom. The fraction of sp³-hybridized carbons (Fsp3) is 0.579. The molecular formula is C19H26F2N4O4. The largest absolute Gasteiger partial charge is 0.454 e. The summed E-state index contributed by atoms with van der Waals surface area (Å²) in [5.41, 5.74) is 0.467. The fourth-order valence-electron chi connectivity index (χ4n) is 3.22. The van der Waals surface area contributed by atoms with Crippen molar-refractivity contribution in [3.05, 3.63) is 17.7 Å². The first kappa shape index (κ1) is 20.9. The summed E-state index contributed by atoms with van der Waals surface area (Å²) in [6, 6.07) is 3.00. The van der Waals surface area contributed by atoms with Crippen LogP contribution in [0.15, 0.2) is 17.1 Å². The number of benzene rings is 1. The quantitative estimate of drug-likeness (QED) is 0.367. The number of fused-ring (bicyclic) bond motifs is 1. The highest BCUT2D eigenvalue weighted by atomic mass is 19.3. The summed E-state index contributed by atoms with van der Waals surface area (Å²) in [5, 5.41) is 6.31. The molecule has 0 spiro atoms. The van der Waals surface area contributed by atoms with E-state index < -0.39 is 6.61 Å². The third-order valence-corrected chi connectivity index (χ3v) is 4.59. The SMILES string of the molecule is CCNC(=NCc1cc2c(cc1OC(F)F)OCO2)NCCCN1CCCC1=O. The number of amides is 1. The molecule has 2 aliphatic heterocycles. The van der Waals surface area contributed by atoms with E-state index in [1.54, 1.807) is 6.07 Å². The van der Waals surface area contributed by atoms with E-state index in [2.05, 4.69) is 20.4 Å². The molecule has 1 amide bonds. The van der Waals surface area contributed by atoms with Gasteiger partial charge in [0.05, 0.1) is 6.54 Å². The van der Waals surface area contributed by atoms with Crippen LogP contribution in [0.4, 0.5) is 8.78 Å². The number of ether oxygens (including phenoxy) is 3. The Labute approximate surface area is 168 Å². The lowest BCUT2D eigenvalue weighted by molar-refractivity contribution is -0.127. The number of aliphatic imine (C=N–C) groups is 1. The van der Waals surface area contributed by atoms with Gasteiger partial charge in [0.15, 0.2) is 17.5 Å². The summed E-state index contributed by atoms with van der Waals surface area (Å²) in [6.07, 6.45) is 2.35. The number of hydrogen-bond acceptors (Lipinski definition) is 5. The maximum absolute atomic E-state index is 12.8. The lowest BCUT2D eigenvalue weighted by Crippen LogP contribution is -2.39. The zero-order valence-electron chi connectivity index (χ0n) is 16.4. The van der Waals surface area contributed by atoms with Crippen molar-refractivity contribution < 1.29 is 27.8 Å². The van der Waals surface area contributed by atoms with Crippen molar-refractivity contribution in [2.75, 3.05) is 33.0 Å². The van der Waals surface area contributed by atoms with Gasteiger partial charge in [-0.2, -0.15) is 8.78 Å². The van der Waals surface area contributed by atoms with Gasteiger partial charge in [0, 0.05) is 44.2 Å². The molecule has 29 heavy (non-hydrogen) atoms. The molecule has 2 aliphatic rings. The molecule has 10 heteroatoms. The summed E-state index contributed by atoms with van der Waals surface area (Å²) in [7, 11) is 0. The Bertz CT molecular complexity index is 745. The molecule has 8 nitrogen and oxygen atoms in total. The van der Waals surface area contributed by atoms with E-state index in [1.807, 2.05) is 11.8 Å². The number of nitrogens with zero attached hydrogens (tertiary/aromatic N) is 2. The maximum Gasteiger partial charge on any atom is 0.387 e. The molecule has 1 aromatic carbocycles. The molecule has 3 rings (SSSR count). The van der Waals surface area contributed by atoms with Crippen molar-refractivity contribution in [3.63, 3.8) is 0 Å². The molecule has 1 fully saturated rings. The van der Waals surface area contributed by atoms with Crippen molar-refractivity contribution >= 4 is 11.9 Å². The van der Waals surface area contributed by atoms with Crippen LogP contribution in [0.25, 0.3) is 0 Å². The van der Waals surface area contributed by atoms with Crippen molar-refractivity contribution in [1.82, 2.24) is 15.5 Å². The summed E-state index contributed by atoms with van der Waals surface area (Å²) < 4.78 is 40.6. The average molecular weight is 412 g/mol. The molecule has 0 radical (unpaired) electrons. The minimum absolute atomic E-state index is 0.0106. The Kier molecular flexibility index (Phi) is 7.31. The predicted octanol–water partition coefficient (Wildman–Crippen LogP) is 2.08.